The molecule has 5 aromatic rings. The van der Waals surface area contributed by atoms with E-state index in [9.17, 15) is 9.59 Å². The lowest BCUT2D eigenvalue weighted by Crippen LogP contribution is -2.23. The van der Waals surface area contributed by atoms with Gasteiger partial charge in [-0.25, -0.2) is 4.98 Å². The van der Waals surface area contributed by atoms with Gasteiger partial charge in [-0.3, -0.25) is 18.7 Å². The van der Waals surface area contributed by atoms with Crippen molar-refractivity contribution in [3.05, 3.63) is 92.7 Å². The van der Waals surface area contributed by atoms with Crippen molar-refractivity contribution in [1.29, 1.82) is 0 Å². The van der Waals surface area contributed by atoms with Crippen LogP contribution in [0.4, 0.5) is 5.69 Å². The summed E-state index contributed by atoms with van der Waals surface area (Å²) in [5.41, 5.74) is 3.26. The highest BCUT2D eigenvalue weighted by Gasteiger charge is 2.20. The number of aryl methyl sites for hydroxylation is 1. The number of aromatic nitrogens is 3. The second-order valence-corrected chi connectivity index (χ2v) is 11.0. The quantitative estimate of drug-likeness (QED) is 0.137. The summed E-state index contributed by atoms with van der Waals surface area (Å²) >= 11 is 8.08. The van der Waals surface area contributed by atoms with Gasteiger partial charge in [0.2, 0.25) is 5.91 Å². The van der Waals surface area contributed by atoms with E-state index in [4.69, 9.17) is 26.7 Å². The number of carbonyl (C=O) groups excluding carboxylic acids is 1. The van der Waals surface area contributed by atoms with E-state index < -0.39 is 0 Å². The smallest absolute Gasteiger partial charge is 0.278 e. The summed E-state index contributed by atoms with van der Waals surface area (Å²) in [5, 5.41) is 3.25. The maximum absolute atomic E-state index is 13.8. The minimum Gasteiger partial charge on any atom is -0.497 e. The van der Waals surface area contributed by atoms with E-state index in [1.165, 1.54) is 34.8 Å². The first-order valence-electron chi connectivity index (χ1n) is 11.9. The van der Waals surface area contributed by atoms with Gasteiger partial charge in [0.15, 0.2) is 14.8 Å². The highest BCUT2D eigenvalue weighted by atomic mass is 32.2. The molecule has 8 nitrogen and oxygen atoms in total. The highest BCUT2D eigenvalue weighted by molar-refractivity contribution is 7.99. The molecule has 5 rings (SSSR count). The Morgan fingerprint density at radius 2 is 1.77 bits per heavy atom. The van der Waals surface area contributed by atoms with E-state index in [0.29, 0.717) is 42.3 Å². The lowest BCUT2D eigenvalue weighted by atomic mass is 10.2. The maximum Gasteiger partial charge on any atom is 0.278 e. The molecule has 0 unspecified atom stereocenters. The number of nitrogens with zero attached hydrogens (tertiary/aromatic N) is 3. The van der Waals surface area contributed by atoms with Crippen LogP contribution in [0.5, 0.6) is 11.5 Å². The average molecular weight is 577 g/mol. The van der Waals surface area contributed by atoms with Gasteiger partial charge in [-0.2, -0.15) is 0 Å². The van der Waals surface area contributed by atoms with Crippen LogP contribution in [0.3, 0.4) is 0 Å². The number of nitrogens with one attached hydrogen (secondary N) is 1. The Kier molecular flexibility index (Phi) is 7.82. The number of thiazole rings is 1. The molecule has 0 saturated heterocycles. The van der Waals surface area contributed by atoms with Crippen LogP contribution in [0.15, 0.2) is 82.7 Å². The molecule has 0 spiro atoms. The Morgan fingerprint density at radius 1 is 1.03 bits per heavy atom. The van der Waals surface area contributed by atoms with Crippen LogP contribution >= 0.6 is 35.3 Å². The molecule has 198 valence electrons. The third-order valence-corrected chi connectivity index (χ3v) is 8.25. The topological polar surface area (TPSA) is 87.4 Å². The molecular weight excluding hydrogens is 553 g/mol. The number of rotatable bonds is 8. The zero-order chi connectivity index (χ0) is 27.5. The number of amides is 1. The number of anilines is 1. The number of carbonyl (C=O) groups is 1. The van der Waals surface area contributed by atoms with E-state index >= 15 is 0 Å². The number of hydrogen-bond acceptors (Lipinski definition) is 8. The van der Waals surface area contributed by atoms with Crippen molar-refractivity contribution in [3.63, 3.8) is 0 Å². The van der Waals surface area contributed by atoms with Crippen molar-refractivity contribution in [2.75, 3.05) is 25.3 Å². The molecular formula is C28H24N4O4S3. The summed E-state index contributed by atoms with van der Waals surface area (Å²) in [6.07, 6.45) is 0. The van der Waals surface area contributed by atoms with Gasteiger partial charge in [0.25, 0.3) is 5.56 Å². The predicted octanol–water partition coefficient (Wildman–Crippen LogP) is 6.02. The number of benzene rings is 3. The molecule has 3 aromatic carbocycles. The van der Waals surface area contributed by atoms with Gasteiger partial charge >= 0.3 is 0 Å². The molecule has 0 aliphatic carbocycles. The maximum atomic E-state index is 13.8. The van der Waals surface area contributed by atoms with E-state index in [0.717, 1.165) is 11.3 Å². The van der Waals surface area contributed by atoms with Crippen LogP contribution < -0.4 is 20.3 Å². The molecule has 0 bridgehead atoms. The molecule has 39 heavy (non-hydrogen) atoms. The number of methoxy groups -OCH3 is 2. The number of para-hydroxylation sites is 2. The normalized spacial score (nSPS) is 10.9. The fourth-order valence-electron chi connectivity index (χ4n) is 4.08. The Hall–Kier alpha value is -3.93. The molecule has 0 aliphatic heterocycles. The highest BCUT2D eigenvalue weighted by Crippen LogP contribution is 2.31. The van der Waals surface area contributed by atoms with E-state index in [1.807, 2.05) is 66.1 Å². The van der Waals surface area contributed by atoms with Crippen molar-refractivity contribution >= 4 is 57.3 Å². The average Bonchev–Trinajstić information content (AvgIpc) is 3.28. The number of ether oxygens (including phenoxy) is 2. The standard InChI is InChI=1S/C28H24N4O4S3/c1-17-9-7-8-12-21(17)32-25-24(39-28(32)37)26(34)31(18-10-5-4-6-11-18)27(30-25)38-16-23(33)29-20-14-13-19(35-2)15-22(20)36-3/h4-15H,16H2,1-3H3,(H,29,33). The molecule has 0 radical (unpaired) electrons. The van der Waals surface area contributed by atoms with Crippen molar-refractivity contribution in [3.8, 4) is 22.9 Å². The molecule has 0 atom stereocenters. The fourth-order valence-corrected chi connectivity index (χ4v) is 6.18. The summed E-state index contributed by atoms with van der Waals surface area (Å²) in [6.45, 7) is 1.99. The van der Waals surface area contributed by atoms with Crippen molar-refractivity contribution in [2.24, 2.45) is 0 Å². The van der Waals surface area contributed by atoms with Crippen molar-refractivity contribution in [2.45, 2.75) is 12.1 Å². The first-order chi connectivity index (χ1) is 18.9. The summed E-state index contributed by atoms with van der Waals surface area (Å²) in [7, 11) is 3.08. The molecule has 0 saturated carbocycles. The molecule has 1 amide bonds. The van der Waals surface area contributed by atoms with Gasteiger partial charge in [0, 0.05) is 6.07 Å². The van der Waals surface area contributed by atoms with Gasteiger partial charge in [0.1, 0.15) is 16.2 Å². The van der Waals surface area contributed by atoms with E-state index in [-0.39, 0.29) is 17.2 Å². The van der Waals surface area contributed by atoms with E-state index in [1.54, 1.807) is 25.3 Å². The van der Waals surface area contributed by atoms with E-state index in [2.05, 4.69) is 5.32 Å². The molecule has 2 heterocycles. The van der Waals surface area contributed by atoms with Crippen LogP contribution in [0, 0.1) is 10.9 Å². The zero-order valence-corrected chi connectivity index (χ0v) is 23.8. The number of thioether (sulfide) groups is 1. The van der Waals surface area contributed by atoms with Gasteiger partial charge in [-0.05, 0) is 55.0 Å². The first-order valence-corrected chi connectivity index (χ1v) is 14.1. The van der Waals surface area contributed by atoms with Crippen molar-refractivity contribution < 1.29 is 14.3 Å². The third kappa shape index (κ3) is 5.33. The number of hydrogen-bond donors (Lipinski definition) is 1. The Morgan fingerprint density at radius 3 is 2.49 bits per heavy atom. The molecule has 11 heteroatoms. The lowest BCUT2D eigenvalue weighted by molar-refractivity contribution is -0.113. The fraction of sp³-hybridized carbons (Fsp3) is 0.143. The predicted molar refractivity (Wildman–Crippen MR) is 159 cm³/mol. The van der Waals surface area contributed by atoms with Crippen LogP contribution in [0.1, 0.15) is 5.56 Å². The van der Waals surface area contributed by atoms with Gasteiger partial charge in [0.05, 0.1) is 37.0 Å². The van der Waals surface area contributed by atoms with Gasteiger partial charge in [-0.15, -0.1) is 0 Å². The summed E-state index contributed by atoms with van der Waals surface area (Å²) < 4.78 is 14.9. The van der Waals surface area contributed by atoms with Crippen LogP contribution in [0.2, 0.25) is 0 Å². The van der Waals surface area contributed by atoms with Gasteiger partial charge < -0.3 is 14.8 Å². The molecule has 1 N–H and O–H groups in total. The monoisotopic (exact) mass is 576 g/mol. The van der Waals surface area contributed by atoms with Crippen LogP contribution in [-0.2, 0) is 4.79 Å². The first kappa shape index (κ1) is 26.7. The minimum absolute atomic E-state index is 0.00912. The van der Waals surface area contributed by atoms with Crippen LogP contribution in [0.25, 0.3) is 21.7 Å². The van der Waals surface area contributed by atoms with Crippen LogP contribution in [-0.4, -0.2) is 40.0 Å². The largest absolute Gasteiger partial charge is 0.497 e. The van der Waals surface area contributed by atoms with Gasteiger partial charge in [-0.1, -0.05) is 59.5 Å². The van der Waals surface area contributed by atoms with Crippen molar-refractivity contribution in [1.82, 2.24) is 14.1 Å². The summed E-state index contributed by atoms with van der Waals surface area (Å²) in [6, 6.07) is 22.2. The lowest BCUT2D eigenvalue weighted by Gasteiger charge is -2.14. The molecule has 0 aliphatic rings. The third-order valence-electron chi connectivity index (χ3n) is 5.96. The second-order valence-electron chi connectivity index (χ2n) is 8.42. The molecule has 2 aromatic heterocycles. The Bertz CT molecular complexity index is 1790. The number of fused-ring (bicyclic) bond motifs is 1. The zero-order valence-electron chi connectivity index (χ0n) is 21.3. The molecule has 0 fully saturated rings. The summed E-state index contributed by atoms with van der Waals surface area (Å²) in [5.74, 6) is 0.819. The SMILES string of the molecule is COc1ccc(NC(=O)CSc2nc3c(sc(=S)n3-c3ccccc3C)c(=O)n2-c2ccccc2)c(OC)c1. The summed E-state index contributed by atoms with van der Waals surface area (Å²) in [4.78, 5) is 31.7. The minimum atomic E-state index is -0.279. The Balaban J connectivity index is 1.56. The Labute approximate surface area is 237 Å². The second kappa shape index (κ2) is 11.4.